The standard InChI is InChI=1S/C14H18N2O/c1-12-2-4-14(5-3-12)17-9-8-16-10-13(11-16)6-7-15/h2-5,13H,6,8-11H2,1H3. The van der Waals surface area contributed by atoms with Gasteiger partial charge in [-0.1, -0.05) is 17.7 Å². The highest BCUT2D eigenvalue weighted by Gasteiger charge is 2.25. The molecule has 0 saturated carbocycles. The van der Waals surface area contributed by atoms with E-state index in [1.807, 2.05) is 12.1 Å². The molecule has 0 spiro atoms. The normalized spacial score (nSPS) is 16.2. The zero-order chi connectivity index (χ0) is 12.1. The van der Waals surface area contributed by atoms with Crippen molar-refractivity contribution in [1.82, 2.24) is 4.90 Å². The molecule has 3 heteroatoms. The SMILES string of the molecule is Cc1ccc(OCCN2CC(CC#N)C2)cc1. The van der Waals surface area contributed by atoms with E-state index in [-0.39, 0.29) is 0 Å². The Labute approximate surface area is 103 Å². The van der Waals surface area contributed by atoms with Crippen LogP contribution in [0.1, 0.15) is 12.0 Å². The Kier molecular flexibility index (Phi) is 4.00. The van der Waals surface area contributed by atoms with E-state index in [0.717, 1.165) is 32.0 Å². The number of hydrogen-bond donors (Lipinski definition) is 0. The summed E-state index contributed by atoms with van der Waals surface area (Å²) in [5.41, 5.74) is 1.25. The third-order valence-corrected chi connectivity index (χ3v) is 3.11. The van der Waals surface area contributed by atoms with E-state index in [0.29, 0.717) is 12.3 Å². The Bertz CT molecular complexity index is 388. The van der Waals surface area contributed by atoms with Gasteiger partial charge < -0.3 is 4.74 Å². The van der Waals surface area contributed by atoms with Crippen LogP contribution in [-0.2, 0) is 0 Å². The number of benzene rings is 1. The molecule has 1 aromatic rings. The van der Waals surface area contributed by atoms with Crippen LogP contribution in [0.3, 0.4) is 0 Å². The van der Waals surface area contributed by atoms with Crippen LogP contribution in [0.2, 0.25) is 0 Å². The molecule has 0 aromatic heterocycles. The molecule has 17 heavy (non-hydrogen) atoms. The minimum atomic E-state index is 0.583. The van der Waals surface area contributed by atoms with Crippen molar-refractivity contribution in [3.8, 4) is 11.8 Å². The molecule has 0 aliphatic carbocycles. The van der Waals surface area contributed by atoms with Gasteiger partial charge in [-0.2, -0.15) is 5.26 Å². The van der Waals surface area contributed by atoms with E-state index in [2.05, 4.69) is 30.0 Å². The van der Waals surface area contributed by atoms with Crippen molar-refractivity contribution >= 4 is 0 Å². The monoisotopic (exact) mass is 230 g/mol. The number of ether oxygens (including phenoxy) is 1. The number of likely N-dealkylation sites (tertiary alicyclic amines) is 1. The van der Waals surface area contributed by atoms with Crippen molar-refractivity contribution in [2.75, 3.05) is 26.2 Å². The lowest BCUT2D eigenvalue weighted by molar-refractivity contribution is 0.0854. The Morgan fingerprint density at radius 2 is 2.06 bits per heavy atom. The first-order valence-electron chi connectivity index (χ1n) is 6.06. The van der Waals surface area contributed by atoms with Gasteiger partial charge in [0.15, 0.2) is 0 Å². The summed E-state index contributed by atoms with van der Waals surface area (Å²) >= 11 is 0. The van der Waals surface area contributed by atoms with Crippen LogP contribution < -0.4 is 4.74 Å². The molecule has 1 heterocycles. The van der Waals surface area contributed by atoms with Crippen LogP contribution in [0.4, 0.5) is 0 Å². The van der Waals surface area contributed by atoms with Gasteiger partial charge in [-0.15, -0.1) is 0 Å². The summed E-state index contributed by atoms with van der Waals surface area (Å²) in [7, 11) is 0. The molecule has 2 rings (SSSR count). The fourth-order valence-corrected chi connectivity index (χ4v) is 2.04. The number of nitrogens with zero attached hydrogens (tertiary/aromatic N) is 2. The van der Waals surface area contributed by atoms with Crippen LogP contribution in [-0.4, -0.2) is 31.1 Å². The molecule has 1 aromatic carbocycles. The first-order valence-corrected chi connectivity index (χ1v) is 6.06. The number of nitriles is 1. The lowest BCUT2D eigenvalue weighted by Crippen LogP contribution is -2.47. The summed E-state index contributed by atoms with van der Waals surface area (Å²) in [6.45, 7) is 5.84. The van der Waals surface area contributed by atoms with Gasteiger partial charge in [0.25, 0.3) is 0 Å². The third kappa shape index (κ3) is 3.47. The largest absolute Gasteiger partial charge is 0.492 e. The van der Waals surface area contributed by atoms with E-state index in [4.69, 9.17) is 10.00 Å². The average molecular weight is 230 g/mol. The molecule has 0 atom stereocenters. The second-order valence-corrected chi connectivity index (χ2v) is 4.65. The van der Waals surface area contributed by atoms with Gasteiger partial charge >= 0.3 is 0 Å². The van der Waals surface area contributed by atoms with Crippen LogP contribution >= 0.6 is 0 Å². The molecule has 0 N–H and O–H groups in total. The highest BCUT2D eigenvalue weighted by molar-refractivity contribution is 5.26. The van der Waals surface area contributed by atoms with Gasteiger partial charge in [-0.3, -0.25) is 4.90 Å². The van der Waals surface area contributed by atoms with Gasteiger partial charge in [0.1, 0.15) is 12.4 Å². The summed E-state index contributed by atoms with van der Waals surface area (Å²) < 4.78 is 5.66. The molecule has 1 fully saturated rings. The molecule has 0 unspecified atom stereocenters. The predicted octanol–water partition coefficient (Wildman–Crippen LogP) is 2.22. The Morgan fingerprint density at radius 3 is 2.71 bits per heavy atom. The maximum atomic E-state index is 8.54. The summed E-state index contributed by atoms with van der Waals surface area (Å²) in [5.74, 6) is 1.52. The fourth-order valence-electron chi connectivity index (χ4n) is 2.04. The smallest absolute Gasteiger partial charge is 0.119 e. The second-order valence-electron chi connectivity index (χ2n) is 4.65. The van der Waals surface area contributed by atoms with Gasteiger partial charge in [-0.05, 0) is 25.0 Å². The van der Waals surface area contributed by atoms with E-state index >= 15 is 0 Å². The minimum absolute atomic E-state index is 0.583. The quantitative estimate of drug-likeness (QED) is 0.778. The molecule has 3 nitrogen and oxygen atoms in total. The Morgan fingerprint density at radius 1 is 1.35 bits per heavy atom. The Hall–Kier alpha value is -1.53. The van der Waals surface area contributed by atoms with Gasteiger partial charge in [-0.25, -0.2) is 0 Å². The first-order chi connectivity index (χ1) is 8.28. The lowest BCUT2D eigenvalue weighted by Gasteiger charge is -2.37. The van der Waals surface area contributed by atoms with Crippen molar-refractivity contribution in [2.45, 2.75) is 13.3 Å². The molecular formula is C14H18N2O. The van der Waals surface area contributed by atoms with Crippen LogP contribution in [0.25, 0.3) is 0 Å². The highest BCUT2D eigenvalue weighted by atomic mass is 16.5. The van der Waals surface area contributed by atoms with Crippen molar-refractivity contribution < 1.29 is 4.74 Å². The molecule has 0 radical (unpaired) electrons. The number of rotatable bonds is 5. The van der Waals surface area contributed by atoms with Crippen molar-refractivity contribution in [3.63, 3.8) is 0 Å². The number of hydrogen-bond acceptors (Lipinski definition) is 3. The third-order valence-electron chi connectivity index (χ3n) is 3.11. The van der Waals surface area contributed by atoms with E-state index in [1.165, 1.54) is 5.56 Å². The zero-order valence-corrected chi connectivity index (χ0v) is 10.2. The maximum absolute atomic E-state index is 8.54. The van der Waals surface area contributed by atoms with Gasteiger partial charge in [0.2, 0.25) is 0 Å². The molecule has 1 saturated heterocycles. The first kappa shape index (κ1) is 11.9. The van der Waals surface area contributed by atoms with Crippen LogP contribution in [0, 0.1) is 24.2 Å². The molecular weight excluding hydrogens is 212 g/mol. The average Bonchev–Trinajstić information content (AvgIpc) is 2.28. The minimum Gasteiger partial charge on any atom is -0.492 e. The van der Waals surface area contributed by atoms with Gasteiger partial charge in [0, 0.05) is 26.1 Å². The molecule has 90 valence electrons. The summed E-state index contributed by atoms with van der Waals surface area (Å²) in [6.07, 6.45) is 0.690. The van der Waals surface area contributed by atoms with Crippen molar-refractivity contribution in [3.05, 3.63) is 29.8 Å². The fraction of sp³-hybridized carbons (Fsp3) is 0.500. The summed E-state index contributed by atoms with van der Waals surface area (Å²) in [6, 6.07) is 10.3. The molecule has 1 aliphatic rings. The molecule has 1 aliphatic heterocycles. The maximum Gasteiger partial charge on any atom is 0.119 e. The number of aryl methyl sites for hydroxylation is 1. The highest BCUT2D eigenvalue weighted by Crippen LogP contribution is 2.18. The second kappa shape index (κ2) is 5.70. The van der Waals surface area contributed by atoms with Crippen LogP contribution in [0.15, 0.2) is 24.3 Å². The Balaban J connectivity index is 1.61. The molecule has 0 amide bonds. The zero-order valence-electron chi connectivity index (χ0n) is 10.2. The van der Waals surface area contributed by atoms with E-state index in [9.17, 15) is 0 Å². The van der Waals surface area contributed by atoms with Gasteiger partial charge in [0.05, 0.1) is 6.07 Å². The molecule has 0 bridgehead atoms. The van der Waals surface area contributed by atoms with Crippen molar-refractivity contribution in [1.29, 1.82) is 5.26 Å². The summed E-state index contributed by atoms with van der Waals surface area (Å²) in [5, 5.41) is 8.54. The van der Waals surface area contributed by atoms with E-state index in [1.54, 1.807) is 0 Å². The van der Waals surface area contributed by atoms with E-state index < -0.39 is 0 Å². The topological polar surface area (TPSA) is 36.3 Å². The van der Waals surface area contributed by atoms with Crippen LogP contribution in [0.5, 0.6) is 5.75 Å². The lowest BCUT2D eigenvalue weighted by atomic mass is 9.97. The summed E-state index contributed by atoms with van der Waals surface area (Å²) in [4.78, 5) is 2.33. The predicted molar refractivity (Wildman–Crippen MR) is 66.8 cm³/mol. The van der Waals surface area contributed by atoms with Crippen molar-refractivity contribution in [2.24, 2.45) is 5.92 Å².